The molecule has 0 fully saturated rings. The van der Waals surface area contributed by atoms with Gasteiger partial charge in [0.15, 0.2) is 0 Å². The first-order valence-electron chi connectivity index (χ1n) is 6.80. The van der Waals surface area contributed by atoms with Crippen molar-refractivity contribution in [3.8, 4) is 18.1 Å². The maximum absolute atomic E-state index is 5.57. The van der Waals surface area contributed by atoms with Gasteiger partial charge >= 0.3 is 0 Å². The number of hydrogen-bond donors (Lipinski definition) is 1. The summed E-state index contributed by atoms with van der Waals surface area (Å²) in [4.78, 5) is 0. The molecule has 0 aliphatic heterocycles. The third-order valence-electron chi connectivity index (χ3n) is 3.23. The molecule has 0 aliphatic carbocycles. The van der Waals surface area contributed by atoms with Crippen molar-refractivity contribution in [1.82, 2.24) is 5.32 Å². The molecule has 0 saturated carbocycles. The summed E-state index contributed by atoms with van der Waals surface area (Å²) < 4.78 is 6.60. The molecule has 2 aromatic carbocycles. The predicted octanol–water partition coefficient (Wildman–Crippen LogP) is 4.06. The molecule has 0 saturated heterocycles. The SMILES string of the molecule is C#CCOc1ccc(Br)cc1CNCc1ccccc1C. The Morgan fingerprint density at radius 2 is 1.90 bits per heavy atom. The molecule has 21 heavy (non-hydrogen) atoms. The van der Waals surface area contributed by atoms with Crippen LogP contribution in [0.1, 0.15) is 16.7 Å². The average molecular weight is 344 g/mol. The Morgan fingerprint density at radius 3 is 2.67 bits per heavy atom. The van der Waals surface area contributed by atoms with Crippen LogP contribution in [0.3, 0.4) is 0 Å². The molecular formula is C18H18BrNO. The van der Waals surface area contributed by atoms with Crippen LogP contribution in [0.25, 0.3) is 0 Å². The number of ether oxygens (including phenoxy) is 1. The zero-order valence-electron chi connectivity index (χ0n) is 12.0. The molecule has 1 N–H and O–H groups in total. The van der Waals surface area contributed by atoms with Gasteiger partial charge in [-0.3, -0.25) is 0 Å². The van der Waals surface area contributed by atoms with E-state index < -0.39 is 0 Å². The molecule has 0 bridgehead atoms. The topological polar surface area (TPSA) is 21.3 Å². The molecule has 0 atom stereocenters. The Morgan fingerprint density at radius 1 is 1.14 bits per heavy atom. The Labute approximate surface area is 134 Å². The van der Waals surface area contributed by atoms with E-state index in [0.717, 1.165) is 28.9 Å². The van der Waals surface area contributed by atoms with Gasteiger partial charge in [0.05, 0.1) is 0 Å². The summed E-state index contributed by atoms with van der Waals surface area (Å²) in [7, 11) is 0. The summed E-state index contributed by atoms with van der Waals surface area (Å²) in [5.74, 6) is 3.32. The Balaban J connectivity index is 2.01. The van der Waals surface area contributed by atoms with Gasteiger partial charge in [-0.1, -0.05) is 46.1 Å². The fraction of sp³-hybridized carbons (Fsp3) is 0.222. The third-order valence-corrected chi connectivity index (χ3v) is 3.72. The lowest BCUT2D eigenvalue weighted by Gasteiger charge is -2.12. The Bertz CT molecular complexity index is 646. The Kier molecular flexibility index (Phi) is 5.86. The van der Waals surface area contributed by atoms with Crippen LogP contribution in [-0.2, 0) is 13.1 Å². The quantitative estimate of drug-likeness (QED) is 0.798. The normalized spacial score (nSPS) is 10.1. The van der Waals surface area contributed by atoms with Crippen molar-refractivity contribution in [2.75, 3.05) is 6.61 Å². The maximum atomic E-state index is 5.57. The lowest BCUT2D eigenvalue weighted by Crippen LogP contribution is -2.14. The van der Waals surface area contributed by atoms with Crippen LogP contribution in [0.4, 0.5) is 0 Å². The molecule has 3 heteroatoms. The molecule has 0 aliphatic rings. The zero-order chi connectivity index (χ0) is 15.1. The molecule has 0 aromatic heterocycles. The van der Waals surface area contributed by atoms with Gasteiger partial charge in [0.1, 0.15) is 12.4 Å². The largest absolute Gasteiger partial charge is 0.481 e. The van der Waals surface area contributed by atoms with E-state index in [1.165, 1.54) is 11.1 Å². The second-order valence-corrected chi connectivity index (χ2v) is 5.69. The fourth-order valence-electron chi connectivity index (χ4n) is 2.09. The van der Waals surface area contributed by atoms with Crippen molar-refractivity contribution in [2.24, 2.45) is 0 Å². The summed E-state index contributed by atoms with van der Waals surface area (Å²) in [5, 5.41) is 3.45. The van der Waals surface area contributed by atoms with E-state index in [-0.39, 0.29) is 6.61 Å². The number of rotatable bonds is 6. The van der Waals surface area contributed by atoms with Gasteiger partial charge in [-0.05, 0) is 36.2 Å². The lowest BCUT2D eigenvalue weighted by molar-refractivity contribution is 0.364. The molecule has 108 valence electrons. The fourth-order valence-corrected chi connectivity index (χ4v) is 2.50. The van der Waals surface area contributed by atoms with Crippen LogP contribution in [-0.4, -0.2) is 6.61 Å². The van der Waals surface area contributed by atoms with Crippen LogP contribution >= 0.6 is 15.9 Å². The summed E-state index contributed by atoms with van der Waals surface area (Å²) >= 11 is 3.49. The van der Waals surface area contributed by atoms with Gasteiger partial charge in [0.25, 0.3) is 0 Å². The minimum absolute atomic E-state index is 0.284. The standard InChI is InChI=1S/C18H18BrNO/c1-3-10-21-18-9-8-17(19)11-16(18)13-20-12-15-7-5-4-6-14(15)2/h1,4-9,11,20H,10,12-13H2,2H3. The molecule has 0 amide bonds. The first-order valence-corrected chi connectivity index (χ1v) is 7.60. The van der Waals surface area contributed by atoms with E-state index in [0.29, 0.717) is 0 Å². The molecule has 2 aromatic rings. The monoisotopic (exact) mass is 343 g/mol. The summed E-state index contributed by atoms with van der Waals surface area (Å²) in [6.07, 6.45) is 5.25. The van der Waals surface area contributed by atoms with E-state index in [9.17, 15) is 0 Å². The van der Waals surface area contributed by atoms with Crippen molar-refractivity contribution >= 4 is 15.9 Å². The van der Waals surface area contributed by atoms with Gasteiger partial charge in [-0.2, -0.15) is 0 Å². The van der Waals surface area contributed by atoms with E-state index in [1.54, 1.807) is 0 Å². The molecule has 0 radical (unpaired) electrons. The Hall–Kier alpha value is -1.76. The number of benzene rings is 2. The van der Waals surface area contributed by atoms with E-state index >= 15 is 0 Å². The van der Waals surface area contributed by atoms with Gasteiger partial charge in [-0.15, -0.1) is 6.42 Å². The van der Waals surface area contributed by atoms with Crippen LogP contribution in [0.5, 0.6) is 5.75 Å². The smallest absolute Gasteiger partial charge is 0.148 e. The summed E-state index contributed by atoms with van der Waals surface area (Å²) in [6.45, 7) is 3.96. The highest BCUT2D eigenvalue weighted by atomic mass is 79.9. The third kappa shape index (κ3) is 4.63. The van der Waals surface area contributed by atoms with Gasteiger partial charge in [0, 0.05) is 23.1 Å². The minimum atomic E-state index is 0.284. The molecule has 0 unspecified atom stereocenters. The number of halogens is 1. The van der Waals surface area contributed by atoms with Crippen LogP contribution < -0.4 is 10.1 Å². The predicted molar refractivity (Wildman–Crippen MR) is 90.2 cm³/mol. The van der Waals surface area contributed by atoms with Crippen molar-refractivity contribution < 1.29 is 4.74 Å². The van der Waals surface area contributed by atoms with E-state index in [1.807, 2.05) is 12.1 Å². The second kappa shape index (κ2) is 7.87. The maximum Gasteiger partial charge on any atom is 0.148 e. The van der Waals surface area contributed by atoms with Gasteiger partial charge in [0.2, 0.25) is 0 Å². The van der Waals surface area contributed by atoms with Gasteiger partial charge in [-0.25, -0.2) is 0 Å². The average Bonchev–Trinajstić information content (AvgIpc) is 2.48. The number of aryl methyl sites for hydroxylation is 1. The van der Waals surface area contributed by atoms with Crippen molar-refractivity contribution in [3.05, 3.63) is 63.6 Å². The van der Waals surface area contributed by atoms with Crippen LogP contribution in [0.15, 0.2) is 46.9 Å². The number of terminal acetylenes is 1. The molecule has 0 spiro atoms. The van der Waals surface area contributed by atoms with Crippen molar-refractivity contribution in [3.63, 3.8) is 0 Å². The number of hydrogen-bond acceptors (Lipinski definition) is 2. The molecular weight excluding hydrogens is 326 g/mol. The van der Waals surface area contributed by atoms with E-state index in [4.69, 9.17) is 11.2 Å². The second-order valence-electron chi connectivity index (χ2n) is 4.77. The highest BCUT2D eigenvalue weighted by Gasteiger charge is 2.05. The first-order chi connectivity index (χ1) is 10.2. The lowest BCUT2D eigenvalue weighted by atomic mass is 10.1. The van der Waals surface area contributed by atoms with Crippen molar-refractivity contribution in [1.29, 1.82) is 0 Å². The van der Waals surface area contributed by atoms with Gasteiger partial charge < -0.3 is 10.1 Å². The zero-order valence-corrected chi connectivity index (χ0v) is 13.6. The molecule has 0 heterocycles. The summed E-state index contributed by atoms with van der Waals surface area (Å²) in [5.41, 5.74) is 3.69. The van der Waals surface area contributed by atoms with Crippen molar-refractivity contribution in [2.45, 2.75) is 20.0 Å². The molecule has 2 rings (SSSR count). The van der Waals surface area contributed by atoms with Crippen LogP contribution in [0, 0.1) is 19.3 Å². The number of nitrogens with one attached hydrogen (secondary N) is 1. The minimum Gasteiger partial charge on any atom is -0.481 e. The highest BCUT2D eigenvalue weighted by Crippen LogP contribution is 2.23. The first kappa shape index (κ1) is 15.6. The van der Waals surface area contributed by atoms with E-state index in [2.05, 4.69) is 64.4 Å². The summed E-state index contributed by atoms with van der Waals surface area (Å²) in [6, 6.07) is 14.3. The molecule has 2 nitrogen and oxygen atoms in total. The van der Waals surface area contributed by atoms with Crippen LogP contribution in [0.2, 0.25) is 0 Å². The highest BCUT2D eigenvalue weighted by molar-refractivity contribution is 9.10.